The molecule has 0 saturated carbocycles. The normalized spacial score (nSPS) is 19.6. The van der Waals surface area contributed by atoms with E-state index in [1.54, 1.807) is 0 Å². The van der Waals surface area contributed by atoms with Crippen molar-refractivity contribution >= 4 is 52.8 Å². The van der Waals surface area contributed by atoms with Crippen molar-refractivity contribution in [2.75, 3.05) is 42.5 Å². The van der Waals surface area contributed by atoms with Gasteiger partial charge in [-0.3, -0.25) is 4.79 Å². The van der Waals surface area contributed by atoms with Crippen molar-refractivity contribution in [3.05, 3.63) is 41.2 Å². The van der Waals surface area contributed by atoms with Crippen LogP contribution in [0.15, 0.2) is 35.2 Å². The van der Waals surface area contributed by atoms with Gasteiger partial charge < -0.3 is 19.8 Å². The van der Waals surface area contributed by atoms with Gasteiger partial charge in [0, 0.05) is 56.9 Å². The maximum atomic E-state index is 13.1. The van der Waals surface area contributed by atoms with E-state index in [1.807, 2.05) is 0 Å². The molecule has 3 heterocycles. The van der Waals surface area contributed by atoms with Crippen LogP contribution in [-0.2, 0) is 25.8 Å². The Balaban J connectivity index is 1.42. The van der Waals surface area contributed by atoms with E-state index in [-0.39, 0.29) is 60.5 Å². The summed E-state index contributed by atoms with van der Waals surface area (Å²) in [6.45, 7) is 0.491. The Morgan fingerprint density at radius 2 is 1.78 bits per heavy atom. The lowest BCUT2D eigenvalue weighted by molar-refractivity contribution is -0.141. The van der Waals surface area contributed by atoms with Crippen LogP contribution < -0.4 is 15.0 Å². The Morgan fingerprint density at radius 1 is 1.11 bits per heavy atom. The Kier molecular flexibility index (Phi) is 7.55. The highest BCUT2D eigenvalue weighted by atomic mass is 35.5. The zero-order valence-electron chi connectivity index (χ0n) is 18.7. The molecule has 2 aromatic rings. The molecule has 1 atom stereocenters. The second-order valence-corrected chi connectivity index (χ2v) is 10.5. The molecule has 1 aromatic carbocycles. The summed E-state index contributed by atoms with van der Waals surface area (Å²) in [5.74, 6) is -0.375. The van der Waals surface area contributed by atoms with Gasteiger partial charge in [0.15, 0.2) is 5.69 Å². The van der Waals surface area contributed by atoms with E-state index in [4.69, 9.17) is 11.6 Å². The number of anilines is 2. The van der Waals surface area contributed by atoms with Gasteiger partial charge >= 0.3 is 6.18 Å². The topological polar surface area (TPSA) is 116 Å². The van der Waals surface area contributed by atoms with Crippen LogP contribution in [-0.4, -0.2) is 81.0 Å². The lowest BCUT2D eigenvalue weighted by atomic mass is 9.96. The first-order chi connectivity index (χ1) is 17.0. The average Bonchev–Trinajstić information content (AvgIpc) is 3.22. The number of halogens is 4. The summed E-state index contributed by atoms with van der Waals surface area (Å²) in [4.78, 5) is 33.1. The van der Waals surface area contributed by atoms with Crippen LogP contribution in [0.25, 0.3) is 0 Å². The van der Waals surface area contributed by atoms with Crippen molar-refractivity contribution in [2.24, 2.45) is 0 Å². The summed E-state index contributed by atoms with van der Waals surface area (Å²) in [5, 5.41) is 2.48. The van der Waals surface area contributed by atoms with Crippen molar-refractivity contribution in [3.63, 3.8) is 0 Å². The number of alkyl halides is 3. The Labute approximate surface area is 210 Å². The zero-order valence-corrected chi connectivity index (χ0v) is 20.2. The number of hydrogen-bond acceptors (Lipinski definition) is 8. The van der Waals surface area contributed by atoms with E-state index in [0.29, 0.717) is 24.5 Å². The standard InChI is InChI=1S/C20H20BClF3N6O4S/c22-17-10-16(20(23,24)25)26-19(27-17)29-5-7-30(8-6-29)36(34,35)15-3-1-14(2-4-15)31-11-13(9-18(31)33)28-21-12-32/h1-4,10,12-13,28H,5-9,11H2. The molecular formula is C20H20BClF3N6O4S. The van der Waals surface area contributed by atoms with E-state index in [0.717, 1.165) is 0 Å². The number of carbonyl (C=O) groups excluding carboxylic acids is 2. The number of amides is 1. The largest absolute Gasteiger partial charge is 0.433 e. The quantitative estimate of drug-likeness (QED) is 0.314. The first-order valence-electron chi connectivity index (χ1n) is 10.8. The lowest BCUT2D eigenvalue weighted by Crippen LogP contribution is -2.49. The number of benzene rings is 1. The number of carbonyl (C=O) groups is 2. The van der Waals surface area contributed by atoms with E-state index in [1.165, 1.54) is 45.8 Å². The molecule has 1 unspecified atom stereocenters. The molecule has 1 aromatic heterocycles. The number of nitrogens with one attached hydrogen (secondary N) is 1. The van der Waals surface area contributed by atoms with E-state index in [2.05, 4.69) is 15.2 Å². The summed E-state index contributed by atoms with van der Waals surface area (Å²) < 4.78 is 66.6. The highest BCUT2D eigenvalue weighted by Gasteiger charge is 2.35. The number of piperazine rings is 1. The molecule has 10 nitrogen and oxygen atoms in total. The number of hydrogen-bond donors (Lipinski definition) is 1. The molecule has 0 aliphatic carbocycles. The lowest BCUT2D eigenvalue weighted by Gasteiger charge is -2.34. The summed E-state index contributed by atoms with van der Waals surface area (Å²) in [5.41, 5.74) is -0.647. The second-order valence-electron chi connectivity index (χ2n) is 8.13. The van der Waals surface area contributed by atoms with Crippen molar-refractivity contribution in [1.29, 1.82) is 0 Å². The molecule has 16 heteroatoms. The van der Waals surface area contributed by atoms with Gasteiger partial charge in [-0.25, -0.2) is 18.4 Å². The van der Waals surface area contributed by atoms with Crippen LogP contribution in [0.1, 0.15) is 12.1 Å². The van der Waals surface area contributed by atoms with E-state index >= 15 is 0 Å². The molecule has 191 valence electrons. The maximum absolute atomic E-state index is 13.1. The van der Waals surface area contributed by atoms with Crippen molar-refractivity contribution in [1.82, 2.24) is 19.5 Å². The SMILES string of the molecule is O=C[B]NC1CC(=O)N(c2ccc(S(=O)(=O)N3CCN(c4nc(Cl)cc(C(F)(F)F)n4)CC3)cc2)C1. The van der Waals surface area contributed by atoms with E-state index < -0.39 is 21.9 Å². The van der Waals surface area contributed by atoms with E-state index in [9.17, 15) is 31.2 Å². The molecule has 2 aliphatic heterocycles. The van der Waals surface area contributed by atoms with Gasteiger partial charge in [0.1, 0.15) is 5.15 Å². The number of nitrogens with zero attached hydrogens (tertiary/aromatic N) is 5. The van der Waals surface area contributed by atoms with Gasteiger partial charge in [0.2, 0.25) is 21.9 Å². The fourth-order valence-electron chi connectivity index (χ4n) is 4.01. The van der Waals surface area contributed by atoms with Gasteiger partial charge in [0.05, 0.1) is 11.1 Å². The molecular weight excluding hydrogens is 524 g/mol. The predicted octanol–water partition coefficient (Wildman–Crippen LogP) is 1.16. The third-order valence-electron chi connectivity index (χ3n) is 5.81. The highest BCUT2D eigenvalue weighted by Crippen LogP contribution is 2.31. The number of aromatic nitrogens is 2. The predicted molar refractivity (Wildman–Crippen MR) is 126 cm³/mol. The number of sulfonamides is 1. The highest BCUT2D eigenvalue weighted by molar-refractivity contribution is 7.89. The molecule has 1 N–H and O–H groups in total. The van der Waals surface area contributed by atoms with Crippen molar-refractivity contribution < 1.29 is 31.2 Å². The van der Waals surface area contributed by atoms with Crippen LogP contribution in [0.5, 0.6) is 0 Å². The molecule has 0 spiro atoms. The first kappa shape index (κ1) is 26.3. The average molecular weight is 544 g/mol. The number of rotatable bonds is 7. The molecule has 1 amide bonds. The molecule has 4 rings (SSSR count). The maximum Gasteiger partial charge on any atom is 0.433 e. The molecule has 1 radical (unpaired) electrons. The zero-order chi connectivity index (χ0) is 26.1. The van der Waals surface area contributed by atoms with Gasteiger partial charge in [-0.2, -0.15) is 17.5 Å². The summed E-state index contributed by atoms with van der Waals surface area (Å²) in [6.07, 6.45) is -3.90. The Bertz CT molecular complexity index is 1240. The molecule has 2 saturated heterocycles. The van der Waals surface area contributed by atoms with Crippen LogP contribution in [0.4, 0.5) is 24.8 Å². The van der Waals surface area contributed by atoms with Crippen LogP contribution in [0, 0.1) is 0 Å². The molecule has 0 bridgehead atoms. The molecule has 2 aliphatic rings. The van der Waals surface area contributed by atoms with Gasteiger partial charge in [-0.1, -0.05) is 11.6 Å². The van der Waals surface area contributed by atoms with Crippen LogP contribution >= 0.6 is 11.6 Å². The van der Waals surface area contributed by atoms with Gasteiger partial charge in [0.25, 0.3) is 7.41 Å². The third kappa shape index (κ3) is 5.63. The third-order valence-corrected chi connectivity index (χ3v) is 7.91. The Hall–Kier alpha value is -2.75. The fraction of sp³-hybridized carbons (Fsp3) is 0.400. The second kappa shape index (κ2) is 10.3. The van der Waals surface area contributed by atoms with Crippen LogP contribution in [0.2, 0.25) is 5.15 Å². The van der Waals surface area contributed by atoms with Gasteiger partial charge in [-0.05, 0) is 24.3 Å². The van der Waals surface area contributed by atoms with Crippen LogP contribution in [0.3, 0.4) is 0 Å². The molecule has 2 fully saturated rings. The Morgan fingerprint density at radius 3 is 2.39 bits per heavy atom. The minimum Gasteiger partial charge on any atom is -0.349 e. The monoisotopic (exact) mass is 543 g/mol. The summed E-state index contributed by atoms with van der Waals surface area (Å²) in [6, 6.07) is 6.27. The summed E-state index contributed by atoms with van der Waals surface area (Å²) >= 11 is 5.73. The first-order valence-corrected chi connectivity index (χ1v) is 12.6. The summed E-state index contributed by atoms with van der Waals surface area (Å²) in [7, 11) is -2.66. The smallest absolute Gasteiger partial charge is 0.349 e. The van der Waals surface area contributed by atoms with Crippen molar-refractivity contribution in [2.45, 2.75) is 23.5 Å². The minimum atomic E-state index is -4.69. The fourth-order valence-corrected chi connectivity index (χ4v) is 5.61. The van der Waals surface area contributed by atoms with Crippen molar-refractivity contribution in [3.8, 4) is 0 Å². The molecule has 36 heavy (non-hydrogen) atoms. The minimum absolute atomic E-state index is 0.00645. The van der Waals surface area contributed by atoms with Gasteiger partial charge in [-0.15, -0.1) is 0 Å².